The molecule has 232 valence electrons. The van der Waals surface area contributed by atoms with E-state index in [1.807, 2.05) is 40.0 Å². The normalized spacial score (nSPS) is 16.1. The zero-order valence-corrected chi connectivity index (χ0v) is 24.8. The van der Waals surface area contributed by atoms with Crippen LogP contribution in [-0.2, 0) is 34.2 Å². The highest BCUT2D eigenvalue weighted by molar-refractivity contribution is 7.99. The molecule has 0 radical (unpaired) electrons. The summed E-state index contributed by atoms with van der Waals surface area (Å²) >= 11 is 1.40. The van der Waals surface area contributed by atoms with Gasteiger partial charge in [-0.2, -0.15) is 13.2 Å². The number of esters is 1. The van der Waals surface area contributed by atoms with Crippen LogP contribution in [0.4, 0.5) is 18.9 Å². The van der Waals surface area contributed by atoms with E-state index in [-0.39, 0.29) is 5.69 Å². The number of halogens is 3. The highest BCUT2D eigenvalue weighted by atomic mass is 32.2. The standard InChI is InChI=1S/C25H30F3N3O8S3/c1-29-42(37,38)20-7-8-21(22(15-20)41(35,36)25(26,27)28)30-17(16-40-19-5-3-2-4-6-19)9-12-31-13-10-18(11-14-31)39-24(34)23(32)33/h2-8,15,17-18,29-30H,9-14,16H2,1H3,(H,32,33)/t17-/m1/s1. The van der Waals surface area contributed by atoms with Gasteiger partial charge < -0.3 is 20.1 Å². The molecule has 2 aromatic carbocycles. The zero-order chi connectivity index (χ0) is 31.1. The van der Waals surface area contributed by atoms with E-state index in [0.717, 1.165) is 24.1 Å². The van der Waals surface area contributed by atoms with Gasteiger partial charge in [-0.25, -0.2) is 31.1 Å². The number of aliphatic carboxylic acids is 1. The summed E-state index contributed by atoms with van der Waals surface area (Å²) in [6, 6.07) is 11.1. The maximum Gasteiger partial charge on any atom is 0.501 e. The van der Waals surface area contributed by atoms with Crippen LogP contribution in [0.3, 0.4) is 0 Å². The lowest BCUT2D eigenvalue weighted by Gasteiger charge is -2.32. The highest BCUT2D eigenvalue weighted by Crippen LogP contribution is 2.36. The predicted octanol–water partition coefficient (Wildman–Crippen LogP) is 2.94. The molecular formula is C25H30F3N3O8S3. The van der Waals surface area contributed by atoms with Crippen molar-refractivity contribution in [3.63, 3.8) is 0 Å². The highest BCUT2D eigenvalue weighted by Gasteiger charge is 2.48. The quantitative estimate of drug-likeness (QED) is 0.176. The molecule has 0 bridgehead atoms. The number of carboxylic acid groups (broad SMARTS) is 1. The van der Waals surface area contributed by atoms with Gasteiger partial charge in [-0.3, -0.25) is 0 Å². The van der Waals surface area contributed by atoms with Gasteiger partial charge in [-0.15, -0.1) is 11.8 Å². The number of sulfone groups is 1. The van der Waals surface area contributed by atoms with Crippen molar-refractivity contribution in [1.82, 2.24) is 9.62 Å². The molecular weight excluding hydrogens is 623 g/mol. The third kappa shape index (κ3) is 8.82. The van der Waals surface area contributed by atoms with Gasteiger partial charge in [0.15, 0.2) is 0 Å². The van der Waals surface area contributed by atoms with Crippen molar-refractivity contribution in [1.29, 1.82) is 0 Å². The van der Waals surface area contributed by atoms with Crippen LogP contribution in [0.25, 0.3) is 0 Å². The Morgan fingerprint density at radius 3 is 2.31 bits per heavy atom. The first-order valence-corrected chi connectivity index (χ1v) is 16.6. The summed E-state index contributed by atoms with van der Waals surface area (Å²) in [5.74, 6) is -2.67. The predicted molar refractivity (Wildman–Crippen MR) is 148 cm³/mol. The first-order chi connectivity index (χ1) is 19.6. The lowest BCUT2D eigenvalue weighted by atomic mass is 10.1. The summed E-state index contributed by atoms with van der Waals surface area (Å²) in [5, 5.41) is 11.6. The molecule has 42 heavy (non-hydrogen) atoms. The fourth-order valence-electron chi connectivity index (χ4n) is 4.18. The Kier molecular flexibility index (Phi) is 11.3. The molecule has 1 saturated heterocycles. The van der Waals surface area contributed by atoms with Crippen LogP contribution in [-0.4, -0.2) is 88.9 Å². The summed E-state index contributed by atoms with van der Waals surface area (Å²) in [5.41, 5.74) is -6.06. The number of hydrogen-bond acceptors (Lipinski definition) is 10. The van der Waals surface area contributed by atoms with Gasteiger partial charge in [0.1, 0.15) is 11.0 Å². The van der Waals surface area contributed by atoms with E-state index >= 15 is 0 Å². The lowest BCUT2D eigenvalue weighted by molar-refractivity contribution is -0.168. The Morgan fingerprint density at radius 2 is 1.74 bits per heavy atom. The largest absolute Gasteiger partial charge is 0.501 e. The molecule has 17 heteroatoms. The number of carboxylic acids is 1. The van der Waals surface area contributed by atoms with Gasteiger partial charge in [0.25, 0.3) is 9.84 Å². The van der Waals surface area contributed by atoms with E-state index < -0.39 is 59.2 Å². The number of likely N-dealkylation sites (tertiary alicyclic amines) is 1. The number of nitrogens with one attached hydrogen (secondary N) is 2. The number of piperidine rings is 1. The Balaban J connectivity index is 1.83. The van der Waals surface area contributed by atoms with Crippen LogP contribution >= 0.6 is 11.8 Å². The maximum atomic E-state index is 13.6. The van der Waals surface area contributed by atoms with Crippen molar-refractivity contribution < 1.29 is 49.4 Å². The maximum absolute atomic E-state index is 13.6. The molecule has 3 rings (SSSR count). The van der Waals surface area contributed by atoms with Gasteiger partial charge in [0.05, 0.1) is 10.6 Å². The molecule has 1 fully saturated rings. The van der Waals surface area contributed by atoms with E-state index in [2.05, 4.69) is 5.32 Å². The molecule has 0 spiro atoms. The average Bonchev–Trinajstić information content (AvgIpc) is 2.95. The number of carbonyl (C=O) groups is 2. The number of ether oxygens (including phenoxy) is 1. The summed E-state index contributed by atoms with van der Waals surface area (Å²) in [4.78, 5) is 23.1. The molecule has 0 aliphatic carbocycles. The molecule has 2 aromatic rings. The molecule has 11 nitrogen and oxygen atoms in total. The van der Waals surface area contributed by atoms with Crippen molar-refractivity contribution in [2.75, 3.05) is 37.8 Å². The van der Waals surface area contributed by atoms with Crippen LogP contribution in [0, 0.1) is 0 Å². The smallest absolute Gasteiger partial charge is 0.473 e. The molecule has 0 saturated carbocycles. The number of benzene rings is 2. The summed E-state index contributed by atoms with van der Waals surface area (Å²) in [7, 11) is -9.12. The first-order valence-electron chi connectivity index (χ1n) is 12.6. The second-order valence-corrected chi connectivity index (χ2v) is 14.2. The second kappa shape index (κ2) is 14.1. The molecule has 0 unspecified atom stereocenters. The molecule has 0 amide bonds. The number of rotatable bonds is 12. The Hall–Kier alpha value is -2.86. The molecule has 3 N–H and O–H groups in total. The van der Waals surface area contributed by atoms with Gasteiger partial charge in [-0.1, -0.05) is 18.2 Å². The Morgan fingerprint density at radius 1 is 1.10 bits per heavy atom. The van der Waals surface area contributed by atoms with E-state index in [9.17, 15) is 39.6 Å². The monoisotopic (exact) mass is 653 g/mol. The number of nitrogens with zero attached hydrogens (tertiary/aromatic N) is 1. The first kappa shape index (κ1) is 33.6. The summed E-state index contributed by atoms with van der Waals surface area (Å²) in [6.07, 6.45) is 0.604. The number of carbonyl (C=O) groups excluding carboxylic acids is 1. The van der Waals surface area contributed by atoms with E-state index in [4.69, 9.17) is 9.84 Å². The second-order valence-electron chi connectivity index (χ2n) is 9.32. The van der Waals surface area contributed by atoms with Gasteiger partial charge >= 0.3 is 17.4 Å². The third-order valence-electron chi connectivity index (χ3n) is 6.46. The van der Waals surface area contributed by atoms with E-state index in [0.29, 0.717) is 50.7 Å². The summed E-state index contributed by atoms with van der Waals surface area (Å²) in [6.45, 7) is 1.39. The molecule has 1 heterocycles. The molecule has 1 aliphatic heterocycles. The number of anilines is 1. The summed E-state index contributed by atoms with van der Waals surface area (Å²) < 4.78 is 97.2. The van der Waals surface area contributed by atoms with E-state index in [1.54, 1.807) is 0 Å². The van der Waals surface area contributed by atoms with E-state index in [1.165, 1.54) is 11.8 Å². The van der Waals surface area contributed by atoms with Gasteiger partial charge in [0, 0.05) is 36.3 Å². The number of sulfonamides is 1. The Bertz CT molecular complexity index is 1460. The minimum absolute atomic E-state index is 0.332. The fraction of sp³-hybridized carbons (Fsp3) is 0.440. The molecule has 1 atom stereocenters. The van der Waals surface area contributed by atoms with Crippen molar-refractivity contribution in [2.45, 2.75) is 51.6 Å². The van der Waals surface area contributed by atoms with Crippen LogP contribution in [0.5, 0.6) is 0 Å². The molecule has 0 aromatic heterocycles. The number of thioether (sulfide) groups is 1. The third-order valence-corrected chi connectivity index (χ3v) is 10.6. The Labute approximate surface area is 245 Å². The minimum Gasteiger partial charge on any atom is -0.473 e. The zero-order valence-electron chi connectivity index (χ0n) is 22.3. The number of hydrogen-bond donors (Lipinski definition) is 3. The van der Waals surface area contributed by atoms with Crippen LogP contribution < -0.4 is 10.0 Å². The van der Waals surface area contributed by atoms with Crippen molar-refractivity contribution in [2.24, 2.45) is 0 Å². The topological polar surface area (TPSA) is 159 Å². The SMILES string of the molecule is CNS(=O)(=O)c1ccc(N[C@H](CCN2CCC(OC(=O)C(=O)O)CC2)CSc2ccccc2)c(S(=O)(=O)C(F)(F)F)c1. The fourth-order valence-corrected chi connectivity index (χ4v) is 6.95. The van der Waals surface area contributed by atoms with Gasteiger partial charge in [-0.05, 0) is 56.6 Å². The average molecular weight is 654 g/mol. The van der Waals surface area contributed by atoms with Crippen molar-refractivity contribution in [3.8, 4) is 0 Å². The van der Waals surface area contributed by atoms with Crippen LogP contribution in [0.2, 0.25) is 0 Å². The van der Waals surface area contributed by atoms with Gasteiger partial charge in [0.2, 0.25) is 10.0 Å². The minimum atomic E-state index is -5.92. The molecule has 1 aliphatic rings. The van der Waals surface area contributed by atoms with Crippen LogP contribution in [0.1, 0.15) is 19.3 Å². The lowest BCUT2D eigenvalue weighted by Crippen LogP contribution is -2.40. The van der Waals surface area contributed by atoms with Crippen molar-refractivity contribution in [3.05, 3.63) is 48.5 Å². The van der Waals surface area contributed by atoms with Crippen LogP contribution in [0.15, 0.2) is 63.2 Å². The van der Waals surface area contributed by atoms with Crippen molar-refractivity contribution >= 4 is 49.2 Å². The number of alkyl halides is 3.